The number of aromatic carboxylic acids is 1. The second-order valence-corrected chi connectivity index (χ2v) is 4.15. The number of para-hydroxylation sites is 1. The second kappa shape index (κ2) is 3.89. The maximum absolute atomic E-state index is 10.8. The summed E-state index contributed by atoms with van der Waals surface area (Å²) in [5.74, 6) is -0.733. The molecule has 90 valence electrons. The Morgan fingerprint density at radius 1 is 1.44 bits per heavy atom. The van der Waals surface area contributed by atoms with Crippen molar-refractivity contribution < 1.29 is 14.4 Å². The van der Waals surface area contributed by atoms with Crippen LogP contribution in [0.25, 0.3) is 22.2 Å². The second-order valence-electron chi connectivity index (χ2n) is 3.75. The quantitative estimate of drug-likeness (QED) is 0.743. The monoisotopic (exact) mass is 262 g/mol. The van der Waals surface area contributed by atoms with Gasteiger partial charge in [-0.15, -0.1) is 0 Å². The fourth-order valence-corrected chi connectivity index (χ4v) is 2.05. The first-order valence-corrected chi connectivity index (χ1v) is 5.50. The number of hydrogen-bond acceptors (Lipinski definition) is 3. The molecule has 0 atom stereocenters. The molecule has 2 aromatic heterocycles. The number of aromatic amines is 1. The van der Waals surface area contributed by atoms with E-state index in [0.29, 0.717) is 10.8 Å². The van der Waals surface area contributed by atoms with Gasteiger partial charge in [-0.1, -0.05) is 28.9 Å². The minimum absolute atomic E-state index is 0.124. The highest BCUT2D eigenvalue weighted by molar-refractivity contribution is 6.35. The summed E-state index contributed by atoms with van der Waals surface area (Å²) >= 11 is 6.04. The molecule has 18 heavy (non-hydrogen) atoms. The Kier molecular flexibility index (Phi) is 2.34. The Hall–Kier alpha value is -2.27. The molecule has 6 heteroatoms. The zero-order valence-electron chi connectivity index (χ0n) is 8.98. The van der Waals surface area contributed by atoms with Crippen LogP contribution in [-0.2, 0) is 0 Å². The van der Waals surface area contributed by atoms with Crippen LogP contribution >= 0.6 is 11.6 Å². The van der Waals surface area contributed by atoms with Gasteiger partial charge in [0.2, 0.25) is 0 Å². The number of nitrogens with one attached hydrogen (secondary N) is 1. The molecule has 0 fully saturated rings. The van der Waals surface area contributed by atoms with Crippen LogP contribution in [0.2, 0.25) is 5.02 Å². The molecular formula is C12H7ClN2O3. The molecule has 0 saturated carbocycles. The topological polar surface area (TPSA) is 79.1 Å². The Labute approximate surface area is 106 Å². The van der Waals surface area contributed by atoms with Crippen molar-refractivity contribution in [3.05, 3.63) is 41.2 Å². The van der Waals surface area contributed by atoms with E-state index in [4.69, 9.17) is 21.2 Å². The summed E-state index contributed by atoms with van der Waals surface area (Å²) < 4.78 is 5.02. The molecule has 0 unspecified atom stereocenters. The highest BCUT2D eigenvalue weighted by Crippen LogP contribution is 2.32. The van der Waals surface area contributed by atoms with E-state index in [2.05, 4.69) is 10.1 Å². The lowest BCUT2D eigenvalue weighted by Gasteiger charge is -1.94. The molecule has 0 spiro atoms. The molecule has 0 bridgehead atoms. The maximum Gasteiger partial charge on any atom is 0.358 e. The lowest BCUT2D eigenvalue weighted by molar-refractivity contribution is 0.0686. The minimum atomic E-state index is -1.12. The van der Waals surface area contributed by atoms with Crippen molar-refractivity contribution in [3.8, 4) is 11.3 Å². The Morgan fingerprint density at radius 2 is 2.28 bits per heavy atom. The van der Waals surface area contributed by atoms with Crippen LogP contribution < -0.4 is 0 Å². The van der Waals surface area contributed by atoms with Gasteiger partial charge < -0.3 is 14.6 Å². The number of fused-ring (bicyclic) bond motifs is 1. The van der Waals surface area contributed by atoms with Crippen LogP contribution in [0.1, 0.15) is 10.5 Å². The number of nitrogens with zero attached hydrogens (tertiary/aromatic N) is 1. The first kappa shape index (κ1) is 10.9. The third-order valence-electron chi connectivity index (χ3n) is 2.66. The molecule has 0 radical (unpaired) electrons. The van der Waals surface area contributed by atoms with Gasteiger partial charge in [0.15, 0.2) is 11.5 Å². The molecule has 3 rings (SSSR count). The van der Waals surface area contributed by atoms with Crippen LogP contribution in [0.3, 0.4) is 0 Å². The Bertz CT molecular complexity index is 745. The molecule has 1 aromatic carbocycles. The van der Waals surface area contributed by atoms with Gasteiger partial charge in [0.05, 0.1) is 10.5 Å². The SMILES string of the molecule is O=C(O)c1cc(-c2c[nH]c3c(Cl)cccc23)on1. The lowest BCUT2D eigenvalue weighted by atomic mass is 10.1. The van der Waals surface area contributed by atoms with Gasteiger partial charge in [-0.25, -0.2) is 4.79 Å². The van der Waals surface area contributed by atoms with E-state index in [1.54, 1.807) is 12.3 Å². The van der Waals surface area contributed by atoms with E-state index in [-0.39, 0.29) is 5.69 Å². The van der Waals surface area contributed by atoms with Crippen molar-refractivity contribution in [1.29, 1.82) is 0 Å². The Morgan fingerprint density at radius 3 is 3.00 bits per heavy atom. The fourth-order valence-electron chi connectivity index (χ4n) is 1.82. The zero-order valence-corrected chi connectivity index (χ0v) is 9.73. The van der Waals surface area contributed by atoms with E-state index >= 15 is 0 Å². The largest absolute Gasteiger partial charge is 0.476 e. The molecule has 5 nitrogen and oxygen atoms in total. The van der Waals surface area contributed by atoms with Gasteiger partial charge in [-0.2, -0.15) is 0 Å². The molecule has 2 N–H and O–H groups in total. The number of carboxylic acids is 1. The van der Waals surface area contributed by atoms with Crippen molar-refractivity contribution in [2.24, 2.45) is 0 Å². The van der Waals surface area contributed by atoms with Crippen molar-refractivity contribution in [2.75, 3.05) is 0 Å². The van der Waals surface area contributed by atoms with Crippen molar-refractivity contribution in [2.45, 2.75) is 0 Å². The summed E-state index contributed by atoms with van der Waals surface area (Å²) in [5, 5.41) is 13.7. The van der Waals surface area contributed by atoms with E-state index in [0.717, 1.165) is 16.5 Å². The first-order valence-electron chi connectivity index (χ1n) is 5.13. The minimum Gasteiger partial charge on any atom is -0.476 e. The standard InChI is InChI=1S/C12H7ClN2O3/c13-8-3-1-2-6-7(5-14-11(6)8)10-4-9(12(16)17)15-18-10/h1-5,14H,(H,16,17). The van der Waals surface area contributed by atoms with Gasteiger partial charge in [0.25, 0.3) is 0 Å². The summed E-state index contributed by atoms with van der Waals surface area (Å²) in [4.78, 5) is 13.8. The predicted octanol–water partition coefficient (Wildman–Crippen LogP) is 3.17. The summed E-state index contributed by atoms with van der Waals surface area (Å²) in [6.07, 6.45) is 1.71. The van der Waals surface area contributed by atoms with Gasteiger partial charge in [-0.05, 0) is 6.07 Å². The van der Waals surface area contributed by atoms with Crippen LogP contribution in [0.5, 0.6) is 0 Å². The number of carbonyl (C=O) groups is 1. The van der Waals surface area contributed by atoms with Crippen LogP contribution in [0, 0.1) is 0 Å². The number of hydrogen-bond donors (Lipinski definition) is 2. The van der Waals surface area contributed by atoms with Crippen LogP contribution in [-0.4, -0.2) is 21.2 Å². The van der Waals surface area contributed by atoms with Gasteiger partial charge in [0, 0.05) is 23.2 Å². The van der Waals surface area contributed by atoms with Crippen molar-refractivity contribution in [3.63, 3.8) is 0 Å². The van der Waals surface area contributed by atoms with Gasteiger partial charge >= 0.3 is 5.97 Å². The first-order chi connectivity index (χ1) is 8.66. The molecule has 0 aliphatic rings. The molecule has 0 aliphatic carbocycles. The van der Waals surface area contributed by atoms with E-state index in [9.17, 15) is 4.79 Å². The predicted molar refractivity (Wildman–Crippen MR) is 65.8 cm³/mol. The van der Waals surface area contributed by atoms with Crippen LogP contribution in [0.4, 0.5) is 0 Å². The number of H-pyrrole nitrogens is 1. The van der Waals surface area contributed by atoms with Gasteiger partial charge in [0.1, 0.15) is 0 Å². The highest BCUT2D eigenvalue weighted by Gasteiger charge is 2.15. The summed E-state index contributed by atoms with van der Waals surface area (Å²) in [6.45, 7) is 0. The maximum atomic E-state index is 10.8. The molecule has 0 amide bonds. The zero-order chi connectivity index (χ0) is 12.7. The number of benzene rings is 1. The van der Waals surface area contributed by atoms with Crippen molar-refractivity contribution in [1.82, 2.24) is 10.1 Å². The van der Waals surface area contributed by atoms with Crippen molar-refractivity contribution >= 4 is 28.5 Å². The third kappa shape index (κ3) is 1.56. The average Bonchev–Trinajstić information content (AvgIpc) is 2.94. The van der Waals surface area contributed by atoms with Crippen LogP contribution in [0.15, 0.2) is 35.0 Å². The average molecular weight is 263 g/mol. The molecule has 0 aliphatic heterocycles. The summed E-state index contributed by atoms with van der Waals surface area (Å²) in [5.41, 5.74) is 1.39. The summed E-state index contributed by atoms with van der Waals surface area (Å²) in [7, 11) is 0. The molecule has 2 heterocycles. The normalized spacial score (nSPS) is 10.9. The number of rotatable bonds is 2. The number of aromatic nitrogens is 2. The third-order valence-corrected chi connectivity index (χ3v) is 2.97. The fraction of sp³-hybridized carbons (Fsp3) is 0. The molecule has 0 saturated heterocycles. The molecular weight excluding hydrogens is 256 g/mol. The number of halogens is 1. The smallest absolute Gasteiger partial charge is 0.358 e. The summed E-state index contributed by atoms with van der Waals surface area (Å²) in [6, 6.07) is 6.84. The Balaban J connectivity index is 2.19. The van der Waals surface area contributed by atoms with E-state index < -0.39 is 5.97 Å². The van der Waals surface area contributed by atoms with E-state index in [1.165, 1.54) is 6.07 Å². The van der Waals surface area contributed by atoms with E-state index in [1.807, 2.05) is 12.1 Å². The number of carboxylic acid groups (broad SMARTS) is 1. The molecule has 3 aromatic rings. The van der Waals surface area contributed by atoms with Gasteiger partial charge in [-0.3, -0.25) is 0 Å². The lowest BCUT2D eigenvalue weighted by Crippen LogP contribution is -1.94. The highest BCUT2D eigenvalue weighted by atomic mass is 35.5.